The van der Waals surface area contributed by atoms with Crippen LogP contribution in [-0.2, 0) is 11.8 Å². The van der Waals surface area contributed by atoms with Gasteiger partial charge in [0.2, 0.25) is 0 Å². The molecule has 0 aliphatic carbocycles. The van der Waals surface area contributed by atoms with Gasteiger partial charge in [0.15, 0.2) is 5.75 Å². The number of thiophene rings is 1. The van der Waals surface area contributed by atoms with E-state index in [4.69, 9.17) is 9.47 Å². The average molecular weight is 531 g/mol. The third kappa shape index (κ3) is 6.34. The Bertz CT molecular complexity index is 1250. The molecule has 3 aromatic rings. The first-order valence-electron chi connectivity index (χ1n) is 12.8. The molecule has 8 nitrogen and oxygen atoms in total. The minimum atomic E-state index is -0.198. The van der Waals surface area contributed by atoms with Gasteiger partial charge in [-0.3, -0.25) is 19.4 Å². The average Bonchev–Trinajstić information content (AvgIpc) is 3.25. The number of para-hydroxylation sites is 1. The highest BCUT2D eigenvalue weighted by Gasteiger charge is 2.25. The molecule has 0 atom stereocenters. The summed E-state index contributed by atoms with van der Waals surface area (Å²) in [6.45, 7) is 14.2. The van der Waals surface area contributed by atoms with Crippen molar-refractivity contribution in [2.45, 2.75) is 47.2 Å². The number of fused-ring (bicyclic) bond motifs is 3. The van der Waals surface area contributed by atoms with E-state index >= 15 is 0 Å². The van der Waals surface area contributed by atoms with E-state index in [1.165, 1.54) is 11.3 Å². The normalized spacial score (nSPS) is 14.6. The van der Waals surface area contributed by atoms with Crippen molar-refractivity contribution in [1.29, 1.82) is 0 Å². The van der Waals surface area contributed by atoms with Gasteiger partial charge in [-0.25, -0.2) is 0 Å². The van der Waals surface area contributed by atoms with E-state index in [0.29, 0.717) is 61.0 Å². The van der Waals surface area contributed by atoms with Crippen LogP contribution in [0.2, 0.25) is 0 Å². The lowest BCUT2D eigenvalue weighted by molar-refractivity contribution is 0.0323. The van der Waals surface area contributed by atoms with Crippen LogP contribution >= 0.6 is 11.3 Å². The number of morpholine rings is 1. The molecule has 1 fully saturated rings. The quantitative estimate of drug-likeness (QED) is 0.428. The Labute approximate surface area is 224 Å². The van der Waals surface area contributed by atoms with Crippen LogP contribution in [-0.4, -0.2) is 84.9 Å². The molecule has 1 amide bonds. The maximum absolute atomic E-state index is 13.4. The molecular formula is C28H42N4O4S. The molecule has 37 heavy (non-hydrogen) atoms. The Morgan fingerprint density at radius 2 is 1.84 bits per heavy atom. The van der Waals surface area contributed by atoms with Crippen LogP contribution in [0, 0.1) is 0 Å². The van der Waals surface area contributed by atoms with Crippen LogP contribution in [0.15, 0.2) is 29.1 Å². The van der Waals surface area contributed by atoms with Crippen LogP contribution in [0.1, 0.15) is 44.8 Å². The van der Waals surface area contributed by atoms with Crippen LogP contribution in [0.25, 0.3) is 21.0 Å². The number of aromatic nitrogens is 1. The third-order valence-corrected chi connectivity index (χ3v) is 8.04. The minimum Gasteiger partial charge on any atom is -0.490 e. The van der Waals surface area contributed by atoms with Gasteiger partial charge in [0.25, 0.3) is 11.5 Å². The highest BCUT2D eigenvalue weighted by Crippen LogP contribution is 2.39. The molecule has 1 aliphatic heterocycles. The summed E-state index contributed by atoms with van der Waals surface area (Å²) in [5, 5.41) is 4.51. The van der Waals surface area contributed by atoms with Crippen molar-refractivity contribution in [3.05, 3.63) is 39.5 Å². The first kappa shape index (κ1) is 29.1. The third-order valence-electron chi connectivity index (χ3n) is 6.84. The molecule has 1 N–H and O–H groups in total. The molecule has 2 aromatic heterocycles. The highest BCUT2D eigenvalue weighted by molar-refractivity contribution is 7.22. The molecule has 4 rings (SSSR count). The van der Waals surface area contributed by atoms with Crippen LogP contribution in [0.3, 0.4) is 0 Å². The van der Waals surface area contributed by atoms with Gasteiger partial charge in [-0.15, -0.1) is 11.3 Å². The minimum absolute atomic E-state index is 0. The van der Waals surface area contributed by atoms with Gasteiger partial charge in [-0.1, -0.05) is 25.6 Å². The van der Waals surface area contributed by atoms with E-state index in [1.807, 2.05) is 24.3 Å². The largest absolute Gasteiger partial charge is 0.490 e. The summed E-state index contributed by atoms with van der Waals surface area (Å²) in [6, 6.07) is 8.58. The van der Waals surface area contributed by atoms with Gasteiger partial charge < -0.3 is 19.4 Å². The predicted molar refractivity (Wildman–Crippen MR) is 153 cm³/mol. The molecule has 0 bridgehead atoms. The summed E-state index contributed by atoms with van der Waals surface area (Å²) in [5.74, 6) is 0.202. The monoisotopic (exact) mass is 530 g/mol. The van der Waals surface area contributed by atoms with Gasteiger partial charge in [-0.2, -0.15) is 0 Å². The summed E-state index contributed by atoms with van der Waals surface area (Å²) < 4.78 is 14.1. The van der Waals surface area contributed by atoms with Crippen molar-refractivity contribution < 1.29 is 14.3 Å². The number of hydrogen-bond donors (Lipinski definition) is 1. The second kappa shape index (κ2) is 12.9. The number of carbonyl (C=O) groups excluding carboxylic acids is 1. The summed E-state index contributed by atoms with van der Waals surface area (Å²) in [6.07, 6.45) is 0. The van der Waals surface area contributed by atoms with Gasteiger partial charge in [0, 0.05) is 57.2 Å². The summed E-state index contributed by atoms with van der Waals surface area (Å²) >= 11 is 1.34. The molecule has 1 aliphatic rings. The Balaban J connectivity index is 0.00000380. The fourth-order valence-corrected chi connectivity index (χ4v) is 6.10. The Hall–Kier alpha value is -2.46. The Morgan fingerprint density at radius 3 is 2.51 bits per heavy atom. The van der Waals surface area contributed by atoms with Gasteiger partial charge in [-0.05, 0) is 33.8 Å². The van der Waals surface area contributed by atoms with E-state index in [2.05, 4.69) is 42.8 Å². The fraction of sp³-hybridized carbons (Fsp3) is 0.571. The molecule has 204 valence electrons. The zero-order valence-electron chi connectivity index (χ0n) is 22.0. The van der Waals surface area contributed by atoms with Gasteiger partial charge >= 0.3 is 0 Å². The molecule has 0 unspecified atom stereocenters. The Kier molecular flexibility index (Phi) is 10.1. The number of ether oxygens (including phenoxy) is 2. The molecule has 3 heterocycles. The lowest BCUT2D eigenvalue weighted by atomic mass is 10.1. The number of nitrogens with zero attached hydrogens (tertiary/aromatic N) is 3. The second-order valence-electron chi connectivity index (χ2n) is 9.83. The first-order valence-corrected chi connectivity index (χ1v) is 13.6. The van der Waals surface area contributed by atoms with Crippen LogP contribution in [0.5, 0.6) is 5.75 Å². The number of hydrogen-bond acceptors (Lipinski definition) is 7. The van der Waals surface area contributed by atoms with Crippen molar-refractivity contribution >= 4 is 38.2 Å². The van der Waals surface area contributed by atoms with Gasteiger partial charge in [0.1, 0.15) is 16.9 Å². The standard InChI is InChI=1S/C27H38N4O4S.CH4/c1-18(2)31(19(3)4)11-10-28-26(32)25-23(35-17-14-30-12-15-34-16-13-30)22-24(36-25)20-8-6-7-9-21(20)29(5)27(22)33;/h6-9,18-19H,10-17H2,1-5H3,(H,28,32);1H4. The Morgan fingerprint density at radius 1 is 1.16 bits per heavy atom. The molecule has 9 heteroatoms. The van der Waals surface area contributed by atoms with Crippen LogP contribution < -0.4 is 15.6 Å². The van der Waals surface area contributed by atoms with E-state index in [1.54, 1.807) is 11.6 Å². The number of nitrogens with one attached hydrogen (secondary N) is 1. The van der Waals surface area contributed by atoms with Gasteiger partial charge in [0.05, 0.1) is 23.4 Å². The summed E-state index contributed by atoms with van der Waals surface area (Å²) in [7, 11) is 1.77. The maximum Gasteiger partial charge on any atom is 0.265 e. The molecule has 1 aromatic carbocycles. The highest BCUT2D eigenvalue weighted by atomic mass is 32.1. The number of amides is 1. The van der Waals surface area contributed by atoms with E-state index < -0.39 is 0 Å². The maximum atomic E-state index is 13.4. The number of rotatable bonds is 10. The molecule has 0 radical (unpaired) electrons. The number of carbonyl (C=O) groups is 1. The van der Waals surface area contributed by atoms with Crippen molar-refractivity contribution in [2.75, 3.05) is 52.5 Å². The fourth-order valence-electron chi connectivity index (χ4n) is 4.92. The molecule has 0 spiro atoms. The SMILES string of the molecule is C.CC(C)N(CCNC(=O)c1sc2c(c1OCCN1CCOCC1)c(=O)n(C)c1ccccc21)C(C)C. The van der Waals surface area contributed by atoms with E-state index in [-0.39, 0.29) is 18.9 Å². The predicted octanol–water partition coefficient (Wildman–Crippen LogP) is 3.95. The topological polar surface area (TPSA) is 76.0 Å². The first-order chi connectivity index (χ1) is 17.3. The number of pyridine rings is 1. The van der Waals surface area contributed by atoms with Crippen molar-refractivity contribution in [1.82, 2.24) is 19.7 Å². The van der Waals surface area contributed by atoms with E-state index in [9.17, 15) is 9.59 Å². The molecule has 0 saturated carbocycles. The summed E-state index contributed by atoms with van der Waals surface area (Å²) in [5.41, 5.74) is 0.693. The van der Waals surface area contributed by atoms with E-state index in [0.717, 1.165) is 35.2 Å². The number of benzene rings is 1. The lowest BCUT2D eigenvalue weighted by Crippen LogP contribution is -2.42. The summed E-state index contributed by atoms with van der Waals surface area (Å²) in [4.78, 5) is 31.9. The number of aryl methyl sites for hydroxylation is 1. The molecule has 1 saturated heterocycles. The van der Waals surface area contributed by atoms with Crippen molar-refractivity contribution in [2.24, 2.45) is 7.05 Å². The zero-order valence-corrected chi connectivity index (χ0v) is 22.8. The lowest BCUT2D eigenvalue weighted by Gasteiger charge is -2.30. The van der Waals surface area contributed by atoms with Crippen LogP contribution in [0.4, 0.5) is 0 Å². The zero-order chi connectivity index (χ0) is 25.8. The van der Waals surface area contributed by atoms with Crippen molar-refractivity contribution in [3.8, 4) is 5.75 Å². The molecular weight excluding hydrogens is 488 g/mol. The van der Waals surface area contributed by atoms with Crippen molar-refractivity contribution in [3.63, 3.8) is 0 Å². The second-order valence-corrected chi connectivity index (χ2v) is 10.9. The smallest absolute Gasteiger partial charge is 0.265 e.